The van der Waals surface area contributed by atoms with Crippen LogP contribution in [0.2, 0.25) is 0 Å². The van der Waals surface area contributed by atoms with Crippen LogP contribution in [0.3, 0.4) is 0 Å². The third-order valence-electron chi connectivity index (χ3n) is 10.1. The minimum Gasteiger partial charge on any atom is -0.461 e. The fourth-order valence-electron chi connectivity index (χ4n) is 7.89. The zero-order chi connectivity index (χ0) is 31.7. The van der Waals surface area contributed by atoms with E-state index < -0.39 is 23.0 Å². The van der Waals surface area contributed by atoms with Gasteiger partial charge in [0.15, 0.2) is 5.82 Å². The van der Waals surface area contributed by atoms with E-state index in [-0.39, 0.29) is 56.7 Å². The van der Waals surface area contributed by atoms with Crippen LogP contribution in [0.15, 0.2) is 54.1 Å². The lowest BCUT2D eigenvalue weighted by Gasteiger charge is -2.35. The van der Waals surface area contributed by atoms with Gasteiger partial charge >= 0.3 is 6.01 Å². The van der Waals surface area contributed by atoms with E-state index in [1.54, 1.807) is 6.07 Å². The molecule has 3 unspecified atom stereocenters. The fraction of sp³-hybridized carbons (Fsp3) is 0.333. The van der Waals surface area contributed by atoms with E-state index in [9.17, 15) is 4.39 Å². The summed E-state index contributed by atoms with van der Waals surface area (Å²) < 4.78 is 54.4. The van der Waals surface area contributed by atoms with Crippen LogP contribution < -0.4 is 20.7 Å². The molecule has 3 fully saturated rings. The maximum Gasteiger partial charge on any atom is 0.319 e. The van der Waals surface area contributed by atoms with Crippen molar-refractivity contribution in [2.24, 2.45) is 0 Å². The van der Waals surface area contributed by atoms with Crippen LogP contribution in [0.4, 0.5) is 24.7 Å². The molecular formula is C36H33F3N6O. The number of halogens is 3. The van der Waals surface area contributed by atoms with Crippen molar-refractivity contribution < 1.29 is 17.9 Å². The van der Waals surface area contributed by atoms with Crippen LogP contribution >= 0.6 is 0 Å². The lowest BCUT2D eigenvalue weighted by molar-refractivity contribution is 0.108. The highest BCUT2D eigenvalue weighted by Gasteiger charge is 2.47. The summed E-state index contributed by atoms with van der Waals surface area (Å²) in [4.78, 5) is 13.8. The SMILES string of the molecule is C#Cc1c(F)ccc2cc(N)cc(-c3c(F)cc4c(N5CC6C=CC(C5)N6)nc(OCC56CCCN5C/C(=C\C)C6)nc4c3F)c12. The Labute approximate surface area is 264 Å². The van der Waals surface area contributed by atoms with E-state index in [1.807, 2.05) is 4.90 Å². The molecule has 0 spiro atoms. The summed E-state index contributed by atoms with van der Waals surface area (Å²) >= 11 is 0. The van der Waals surface area contributed by atoms with Gasteiger partial charge in [-0.1, -0.05) is 35.8 Å². The largest absolute Gasteiger partial charge is 0.461 e. The van der Waals surface area contributed by atoms with Crippen LogP contribution in [0.5, 0.6) is 6.01 Å². The molecule has 7 nitrogen and oxygen atoms in total. The van der Waals surface area contributed by atoms with E-state index in [0.29, 0.717) is 30.9 Å². The minimum atomic E-state index is -0.920. The van der Waals surface area contributed by atoms with E-state index >= 15 is 8.78 Å². The molecule has 3 atom stereocenters. The summed E-state index contributed by atoms with van der Waals surface area (Å²) in [6, 6.07) is 7.19. The summed E-state index contributed by atoms with van der Waals surface area (Å²) in [7, 11) is 0. The number of hydrogen-bond donors (Lipinski definition) is 2. The molecule has 1 aromatic heterocycles. The molecule has 10 heteroatoms. The molecule has 0 radical (unpaired) electrons. The molecule has 3 N–H and O–H groups in total. The second-order valence-electron chi connectivity index (χ2n) is 12.8. The van der Waals surface area contributed by atoms with Gasteiger partial charge in [-0.3, -0.25) is 4.90 Å². The lowest BCUT2D eigenvalue weighted by Crippen LogP contribution is -2.52. The number of allylic oxidation sites excluding steroid dienone is 1. The van der Waals surface area contributed by atoms with Crippen LogP contribution in [-0.2, 0) is 0 Å². The molecule has 5 heterocycles. The smallest absolute Gasteiger partial charge is 0.319 e. The van der Waals surface area contributed by atoms with E-state index in [0.717, 1.165) is 32.4 Å². The van der Waals surface area contributed by atoms with Gasteiger partial charge in [0, 0.05) is 48.2 Å². The predicted octanol–water partition coefficient (Wildman–Crippen LogP) is 5.71. The van der Waals surface area contributed by atoms with Crippen molar-refractivity contribution in [2.45, 2.75) is 43.8 Å². The van der Waals surface area contributed by atoms with Gasteiger partial charge in [-0.2, -0.15) is 9.97 Å². The van der Waals surface area contributed by atoms with E-state index in [1.165, 1.54) is 29.8 Å². The maximum absolute atomic E-state index is 16.9. The molecule has 2 bridgehead atoms. The highest BCUT2D eigenvalue weighted by molar-refractivity contribution is 6.05. The van der Waals surface area contributed by atoms with Crippen molar-refractivity contribution in [1.29, 1.82) is 0 Å². The van der Waals surface area contributed by atoms with Crippen molar-refractivity contribution in [2.75, 3.05) is 43.4 Å². The van der Waals surface area contributed by atoms with Crippen molar-refractivity contribution in [3.63, 3.8) is 0 Å². The molecule has 4 aromatic rings. The second kappa shape index (κ2) is 10.7. The monoisotopic (exact) mass is 622 g/mol. The highest BCUT2D eigenvalue weighted by Crippen LogP contribution is 2.43. The van der Waals surface area contributed by atoms with Crippen molar-refractivity contribution >= 4 is 33.2 Å². The molecule has 8 rings (SSSR count). The molecule has 0 amide bonds. The number of piperazine rings is 1. The quantitative estimate of drug-likeness (QED) is 0.168. The number of anilines is 2. The number of nitrogens with one attached hydrogen (secondary N) is 1. The lowest BCUT2D eigenvalue weighted by atomic mass is 9.92. The van der Waals surface area contributed by atoms with Crippen molar-refractivity contribution in [3.8, 4) is 29.5 Å². The Bertz CT molecular complexity index is 2020. The number of benzene rings is 3. The van der Waals surface area contributed by atoms with Gasteiger partial charge in [-0.25, -0.2) is 13.2 Å². The van der Waals surface area contributed by atoms with Gasteiger partial charge in [0.05, 0.1) is 16.7 Å². The molecule has 3 saturated heterocycles. The number of aromatic nitrogens is 2. The Hall–Kier alpha value is -4.59. The standard InChI is InChI=1S/C36H33F3N6O/c1-3-20-15-36(10-5-11-45(36)16-20)19-46-35-42-33-27(34(43-35)44-17-23-7-8-24(18-44)41-23)14-29(38)31(32(33)39)26-13-22(40)12-21-6-9-28(37)25(4-2)30(21)26/h2-3,6-9,12-14,23-24,41H,5,10-11,15-19,40H2,1H3/b20-3-. The predicted molar refractivity (Wildman–Crippen MR) is 174 cm³/mol. The summed E-state index contributed by atoms with van der Waals surface area (Å²) in [6.45, 7) is 5.44. The molecule has 46 heavy (non-hydrogen) atoms. The summed E-state index contributed by atoms with van der Waals surface area (Å²) in [5.41, 5.74) is 7.11. The molecule has 0 saturated carbocycles. The summed E-state index contributed by atoms with van der Waals surface area (Å²) in [5, 5.41) is 4.39. The Morgan fingerprint density at radius 1 is 1.13 bits per heavy atom. The summed E-state index contributed by atoms with van der Waals surface area (Å²) in [5.74, 6) is 0.311. The van der Waals surface area contributed by atoms with Crippen LogP contribution in [0.1, 0.15) is 31.7 Å². The van der Waals surface area contributed by atoms with Gasteiger partial charge < -0.3 is 20.7 Å². The number of nitrogens with zero attached hydrogens (tertiary/aromatic N) is 4. The zero-order valence-corrected chi connectivity index (χ0v) is 25.4. The molecule has 0 aliphatic carbocycles. The van der Waals surface area contributed by atoms with Crippen LogP contribution in [0.25, 0.3) is 32.8 Å². The van der Waals surface area contributed by atoms with Gasteiger partial charge in [0.25, 0.3) is 0 Å². The normalized spacial score (nSPS) is 24.8. The van der Waals surface area contributed by atoms with E-state index in [2.05, 4.69) is 46.3 Å². The molecule has 3 aromatic carbocycles. The van der Waals surface area contributed by atoms with Crippen LogP contribution in [0, 0.1) is 29.8 Å². The van der Waals surface area contributed by atoms with Crippen molar-refractivity contribution in [1.82, 2.24) is 20.2 Å². The molecule has 4 aliphatic heterocycles. The maximum atomic E-state index is 16.9. The first-order valence-electron chi connectivity index (χ1n) is 15.7. The van der Waals surface area contributed by atoms with Gasteiger partial charge in [-0.05, 0) is 67.9 Å². The molecular weight excluding hydrogens is 589 g/mol. The molecule has 234 valence electrons. The van der Waals surface area contributed by atoms with Gasteiger partial charge in [-0.15, -0.1) is 6.42 Å². The second-order valence-corrected chi connectivity index (χ2v) is 12.8. The van der Waals surface area contributed by atoms with Crippen LogP contribution in [-0.4, -0.2) is 65.3 Å². The third-order valence-corrected chi connectivity index (χ3v) is 10.1. The first-order chi connectivity index (χ1) is 22.3. The topological polar surface area (TPSA) is 79.5 Å². The number of ether oxygens (including phenoxy) is 1. The summed E-state index contributed by atoms with van der Waals surface area (Å²) in [6.07, 6.45) is 15.0. The molecule has 4 aliphatic rings. The number of hydrogen-bond acceptors (Lipinski definition) is 7. The Morgan fingerprint density at radius 3 is 2.70 bits per heavy atom. The number of rotatable bonds is 5. The van der Waals surface area contributed by atoms with Gasteiger partial charge in [0.1, 0.15) is 29.6 Å². The first kappa shape index (κ1) is 28.9. The first-order valence-corrected chi connectivity index (χ1v) is 15.7. The fourth-order valence-corrected chi connectivity index (χ4v) is 7.89. The Morgan fingerprint density at radius 2 is 1.93 bits per heavy atom. The number of nitrogens with two attached hydrogens (primary N) is 1. The number of fused-ring (bicyclic) bond motifs is 5. The van der Waals surface area contributed by atoms with Gasteiger partial charge in [0.2, 0.25) is 0 Å². The Kier molecular flexibility index (Phi) is 6.74. The average Bonchev–Trinajstić information content (AvgIpc) is 3.71. The minimum absolute atomic E-state index is 0.0285. The highest BCUT2D eigenvalue weighted by atomic mass is 19.1. The average molecular weight is 623 g/mol. The number of terminal acetylenes is 1. The number of nitrogen functional groups attached to an aromatic ring is 1. The third kappa shape index (κ3) is 4.52. The van der Waals surface area contributed by atoms with E-state index in [4.69, 9.17) is 21.9 Å². The zero-order valence-electron chi connectivity index (χ0n) is 25.4. The van der Waals surface area contributed by atoms with Crippen molar-refractivity contribution in [3.05, 3.63) is 77.1 Å². The Balaban J connectivity index is 1.30.